The molecule has 1 aromatic heterocycles. The van der Waals surface area contributed by atoms with E-state index in [-0.39, 0.29) is 18.5 Å². The maximum absolute atomic E-state index is 12.9. The van der Waals surface area contributed by atoms with Crippen LogP contribution in [0.5, 0.6) is 0 Å². The Labute approximate surface area is 169 Å². The molecule has 0 aliphatic carbocycles. The first-order valence-corrected chi connectivity index (χ1v) is 8.58. The van der Waals surface area contributed by atoms with Crippen molar-refractivity contribution in [2.24, 2.45) is 0 Å². The zero-order chi connectivity index (χ0) is 22.8. The Morgan fingerprint density at radius 2 is 1.61 bits per heavy atom. The lowest BCUT2D eigenvalue weighted by molar-refractivity contribution is -0.143. The van der Waals surface area contributed by atoms with Gasteiger partial charge in [0, 0.05) is 5.69 Å². The van der Waals surface area contributed by atoms with Gasteiger partial charge in [-0.3, -0.25) is 9.59 Å². The molecule has 1 heterocycles. The molecule has 3 rings (SSSR count). The quantitative estimate of drug-likeness (QED) is 0.579. The smallest absolute Gasteiger partial charge is 0.364 e. The molecular weight excluding hydrogens is 432 g/mol. The number of halogens is 6. The minimum absolute atomic E-state index is 0.0477. The summed E-state index contributed by atoms with van der Waals surface area (Å²) < 4.78 is 82.3. The molecule has 2 N–H and O–H groups in total. The highest BCUT2D eigenvalue weighted by Crippen LogP contribution is 2.37. The number of H-pyrrole nitrogens is 1. The van der Waals surface area contributed by atoms with Crippen LogP contribution in [-0.4, -0.2) is 22.5 Å². The summed E-state index contributed by atoms with van der Waals surface area (Å²) in [7, 11) is 0. The van der Waals surface area contributed by atoms with Crippen LogP contribution >= 0.6 is 0 Å². The van der Waals surface area contributed by atoms with E-state index in [0.717, 1.165) is 0 Å². The number of fused-ring (bicyclic) bond motifs is 1. The van der Waals surface area contributed by atoms with Crippen molar-refractivity contribution in [3.05, 3.63) is 69.8 Å². The van der Waals surface area contributed by atoms with E-state index in [4.69, 9.17) is 4.74 Å². The number of rotatable bonds is 5. The van der Waals surface area contributed by atoms with E-state index in [1.807, 2.05) is 5.32 Å². The molecule has 2 aromatic carbocycles. The minimum Gasteiger partial charge on any atom is -0.364 e. The highest BCUT2D eigenvalue weighted by molar-refractivity contribution is 5.91. The Hall–Kier alpha value is -3.41. The van der Waals surface area contributed by atoms with Crippen LogP contribution < -0.4 is 10.9 Å². The molecule has 0 unspecified atom stereocenters. The summed E-state index contributed by atoms with van der Waals surface area (Å²) in [5, 5.41) is 2.28. The average molecular weight is 445 g/mol. The minimum atomic E-state index is -5.04. The van der Waals surface area contributed by atoms with Crippen molar-refractivity contribution >= 4 is 22.5 Å². The summed E-state index contributed by atoms with van der Waals surface area (Å²) in [6.45, 7) is -1.02. The fourth-order valence-electron chi connectivity index (χ4n) is 2.67. The molecule has 0 aliphatic heterocycles. The second-order valence-electron chi connectivity index (χ2n) is 6.37. The second kappa shape index (κ2) is 8.38. The normalized spacial score (nSPS) is 12.2. The molecule has 0 atom stereocenters. The topological polar surface area (TPSA) is 84.1 Å². The maximum atomic E-state index is 12.9. The number of aromatic nitrogens is 2. The van der Waals surface area contributed by atoms with Gasteiger partial charge in [0.15, 0.2) is 0 Å². The van der Waals surface area contributed by atoms with Crippen LogP contribution in [0.4, 0.5) is 32.0 Å². The average Bonchev–Trinajstić information content (AvgIpc) is 2.66. The molecule has 0 bridgehead atoms. The van der Waals surface area contributed by atoms with Crippen molar-refractivity contribution in [2.45, 2.75) is 19.0 Å². The van der Waals surface area contributed by atoms with E-state index in [2.05, 4.69) is 9.97 Å². The van der Waals surface area contributed by atoms with Crippen molar-refractivity contribution in [3.63, 3.8) is 0 Å². The van der Waals surface area contributed by atoms with Gasteiger partial charge in [-0.1, -0.05) is 12.1 Å². The van der Waals surface area contributed by atoms with E-state index in [0.29, 0.717) is 23.0 Å². The molecule has 0 spiro atoms. The molecule has 31 heavy (non-hydrogen) atoms. The van der Waals surface area contributed by atoms with Gasteiger partial charge in [-0.2, -0.15) is 26.3 Å². The van der Waals surface area contributed by atoms with Crippen LogP contribution in [0.3, 0.4) is 0 Å². The van der Waals surface area contributed by atoms with E-state index in [1.54, 1.807) is 24.3 Å². The van der Waals surface area contributed by atoms with Crippen molar-refractivity contribution < 1.29 is 35.9 Å². The third-order valence-electron chi connectivity index (χ3n) is 4.01. The maximum Gasteiger partial charge on any atom is 0.416 e. The molecule has 0 aliphatic rings. The molecule has 1 amide bonds. The number of hydrogen-bond acceptors (Lipinski definition) is 4. The number of carbonyl (C=O) groups excluding carboxylic acids is 1. The Bertz CT molecular complexity index is 1140. The fourth-order valence-corrected chi connectivity index (χ4v) is 2.67. The number of para-hydroxylation sites is 1. The molecule has 6 nitrogen and oxygen atoms in total. The van der Waals surface area contributed by atoms with Gasteiger partial charge in [0.25, 0.3) is 5.56 Å². The van der Waals surface area contributed by atoms with Gasteiger partial charge in [0.1, 0.15) is 19.0 Å². The van der Waals surface area contributed by atoms with E-state index < -0.39 is 47.2 Å². The zero-order valence-corrected chi connectivity index (χ0v) is 15.4. The lowest BCUT2D eigenvalue weighted by Crippen LogP contribution is -2.20. The fraction of sp³-hybridized carbons (Fsp3) is 0.211. The highest BCUT2D eigenvalue weighted by Gasteiger charge is 2.37. The van der Waals surface area contributed by atoms with Gasteiger partial charge in [-0.05, 0) is 30.3 Å². The Kier molecular flexibility index (Phi) is 6.02. The number of nitrogens with one attached hydrogen (secondary N) is 2. The molecule has 3 aromatic rings. The van der Waals surface area contributed by atoms with Gasteiger partial charge in [-0.25, -0.2) is 4.98 Å². The molecule has 0 fully saturated rings. The number of alkyl halides is 6. The number of nitrogens with zero attached hydrogens (tertiary/aromatic N) is 1. The standard InChI is InChI=1S/C19H13F6N3O3/c20-18(21,22)10-5-11(19(23,24)25)7-12(6-10)26-16(29)9-31-8-15-27-14-4-2-1-3-13(14)17(30)28-15/h1-7H,8-9H2,(H,26,29)(H,27,28,30). The van der Waals surface area contributed by atoms with Crippen molar-refractivity contribution in [3.8, 4) is 0 Å². The zero-order valence-electron chi connectivity index (χ0n) is 15.4. The number of aromatic amines is 1. The summed E-state index contributed by atoms with van der Waals surface area (Å²) in [5.41, 5.74) is -3.85. The summed E-state index contributed by atoms with van der Waals surface area (Å²) in [6, 6.07) is 7.18. The SMILES string of the molecule is O=C(COCc1nc2ccccc2c(=O)[nH]1)Nc1cc(C(F)(F)F)cc(C(F)(F)F)c1. The molecule has 164 valence electrons. The van der Waals surface area contributed by atoms with Gasteiger partial charge in [-0.15, -0.1) is 0 Å². The van der Waals surface area contributed by atoms with Crippen LogP contribution in [0.25, 0.3) is 10.9 Å². The highest BCUT2D eigenvalue weighted by atomic mass is 19.4. The van der Waals surface area contributed by atoms with Crippen LogP contribution in [0.15, 0.2) is 47.3 Å². The van der Waals surface area contributed by atoms with Crippen molar-refractivity contribution in [1.29, 1.82) is 0 Å². The number of benzene rings is 2. The molecule has 0 saturated carbocycles. The number of hydrogen-bond donors (Lipinski definition) is 2. The van der Waals surface area contributed by atoms with Gasteiger partial charge >= 0.3 is 12.4 Å². The number of ether oxygens (including phenoxy) is 1. The predicted molar refractivity (Wildman–Crippen MR) is 97.1 cm³/mol. The van der Waals surface area contributed by atoms with Crippen LogP contribution in [0, 0.1) is 0 Å². The Morgan fingerprint density at radius 3 is 2.23 bits per heavy atom. The van der Waals surface area contributed by atoms with Crippen LogP contribution in [0.2, 0.25) is 0 Å². The van der Waals surface area contributed by atoms with Gasteiger partial charge < -0.3 is 15.0 Å². The Balaban J connectivity index is 1.68. The van der Waals surface area contributed by atoms with Crippen LogP contribution in [0.1, 0.15) is 17.0 Å². The molecule has 0 saturated heterocycles. The summed E-state index contributed by atoms with van der Waals surface area (Å²) in [5.74, 6) is -0.898. The van der Waals surface area contributed by atoms with E-state index >= 15 is 0 Å². The summed E-state index contributed by atoms with van der Waals surface area (Å²) >= 11 is 0. The largest absolute Gasteiger partial charge is 0.416 e. The summed E-state index contributed by atoms with van der Waals surface area (Å²) in [4.78, 5) is 30.4. The number of anilines is 1. The van der Waals surface area contributed by atoms with E-state index in [9.17, 15) is 35.9 Å². The molecular formula is C19H13F6N3O3. The lowest BCUT2D eigenvalue weighted by atomic mass is 10.1. The number of amides is 1. The van der Waals surface area contributed by atoms with Gasteiger partial charge in [0.2, 0.25) is 5.91 Å². The monoisotopic (exact) mass is 445 g/mol. The first-order valence-electron chi connectivity index (χ1n) is 8.58. The second-order valence-corrected chi connectivity index (χ2v) is 6.37. The van der Waals surface area contributed by atoms with Crippen LogP contribution in [-0.2, 0) is 28.5 Å². The van der Waals surface area contributed by atoms with E-state index in [1.165, 1.54) is 0 Å². The van der Waals surface area contributed by atoms with Gasteiger partial charge in [0.05, 0.1) is 22.0 Å². The Morgan fingerprint density at radius 1 is 1.00 bits per heavy atom. The lowest BCUT2D eigenvalue weighted by Gasteiger charge is -2.14. The molecule has 12 heteroatoms. The summed E-state index contributed by atoms with van der Waals surface area (Å²) in [6.07, 6.45) is -10.1. The number of carbonyl (C=O) groups is 1. The third-order valence-corrected chi connectivity index (χ3v) is 4.01. The predicted octanol–water partition coefficient (Wildman–Crippen LogP) is 4.12. The molecule has 0 radical (unpaired) electrons. The first-order chi connectivity index (χ1) is 14.4. The third kappa shape index (κ3) is 5.60. The van der Waals surface area contributed by atoms with Crippen molar-refractivity contribution in [1.82, 2.24) is 9.97 Å². The first kappa shape index (κ1) is 22.3. The van der Waals surface area contributed by atoms with Crippen molar-refractivity contribution in [2.75, 3.05) is 11.9 Å².